The van der Waals surface area contributed by atoms with E-state index < -0.39 is 0 Å². The molecule has 2 atom stereocenters. The number of H-pyrrole nitrogens is 1. The van der Waals surface area contributed by atoms with E-state index in [4.69, 9.17) is 10.7 Å². The van der Waals surface area contributed by atoms with E-state index in [1.54, 1.807) is 6.33 Å². The zero-order valence-corrected chi connectivity index (χ0v) is 22.0. The quantitative estimate of drug-likeness (QED) is 0.428. The number of primary amides is 1. The number of amides is 1. The Morgan fingerprint density at radius 1 is 1.17 bits per heavy atom. The summed E-state index contributed by atoms with van der Waals surface area (Å²) < 4.78 is 1.85. The minimum absolute atomic E-state index is 0.248. The molecule has 1 saturated heterocycles. The van der Waals surface area contributed by atoms with E-state index in [2.05, 4.69) is 84.7 Å². The number of pyridine rings is 2. The van der Waals surface area contributed by atoms with Crippen LogP contribution in [0.1, 0.15) is 56.7 Å². The van der Waals surface area contributed by atoms with Crippen LogP contribution in [0, 0.1) is 13.8 Å². The van der Waals surface area contributed by atoms with Gasteiger partial charge in [-0.1, -0.05) is 13.8 Å². The topological polar surface area (TPSA) is 108 Å². The van der Waals surface area contributed by atoms with Crippen molar-refractivity contribution < 1.29 is 4.79 Å². The van der Waals surface area contributed by atoms with E-state index >= 15 is 0 Å². The number of piperazine rings is 1. The maximum Gasteiger partial charge on any atom is 0.218 e. The van der Waals surface area contributed by atoms with Gasteiger partial charge in [0.1, 0.15) is 12.1 Å². The van der Waals surface area contributed by atoms with Gasteiger partial charge in [-0.2, -0.15) is 5.10 Å². The number of aryl methyl sites for hydroxylation is 1. The van der Waals surface area contributed by atoms with Crippen LogP contribution < -0.4 is 10.6 Å². The van der Waals surface area contributed by atoms with Crippen LogP contribution in [0.2, 0.25) is 0 Å². The maximum absolute atomic E-state index is 11.3. The number of rotatable bonds is 6. The molecule has 4 aromatic rings. The molecule has 5 rings (SSSR count). The van der Waals surface area contributed by atoms with Gasteiger partial charge < -0.3 is 15.6 Å². The summed E-state index contributed by atoms with van der Waals surface area (Å²) in [7, 11) is 0. The Bertz CT molecular complexity index is 1430. The molecule has 1 aliphatic rings. The third-order valence-corrected chi connectivity index (χ3v) is 7.69. The van der Waals surface area contributed by atoms with Gasteiger partial charge in [0.05, 0.1) is 16.7 Å². The average molecular weight is 489 g/mol. The van der Waals surface area contributed by atoms with Gasteiger partial charge in [0.2, 0.25) is 5.91 Å². The smallest absolute Gasteiger partial charge is 0.218 e. The number of fused-ring (bicyclic) bond motifs is 2. The fraction of sp³-hybridized carbons (Fsp3) is 0.481. The molecule has 9 nitrogen and oxygen atoms in total. The van der Waals surface area contributed by atoms with E-state index in [-0.39, 0.29) is 17.9 Å². The van der Waals surface area contributed by atoms with E-state index in [9.17, 15) is 4.79 Å². The van der Waals surface area contributed by atoms with Gasteiger partial charge in [0, 0.05) is 55.5 Å². The first-order chi connectivity index (χ1) is 17.2. The number of hydrogen-bond acceptors (Lipinski definition) is 6. The summed E-state index contributed by atoms with van der Waals surface area (Å²) >= 11 is 0. The van der Waals surface area contributed by atoms with Crippen LogP contribution in [-0.2, 0) is 4.79 Å². The molecule has 5 heterocycles. The molecule has 1 amide bonds. The van der Waals surface area contributed by atoms with Crippen LogP contribution >= 0.6 is 0 Å². The van der Waals surface area contributed by atoms with Gasteiger partial charge in [-0.25, -0.2) is 14.5 Å². The summed E-state index contributed by atoms with van der Waals surface area (Å²) in [5, 5.41) is 4.39. The first-order valence-electron chi connectivity index (χ1n) is 12.8. The van der Waals surface area contributed by atoms with Gasteiger partial charge in [-0.15, -0.1) is 0 Å². The average Bonchev–Trinajstić information content (AvgIpc) is 3.45. The maximum atomic E-state index is 11.3. The fourth-order valence-electron chi connectivity index (χ4n) is 5.55. The van der Waals surface area contributed by atoms with Crippen LogP contribution in [0.25, 0.3) is 27.9 Å². The van der Waals surface area contributed by atoms with Gasteiger partial charge in [0.15, 0.2) is 5.65 Å². The number of nitrogens with two attached hydrogens (primary N) is 1. The molecule has 0 spiro atoms. The molecule has 9 heteroatoms. The largest absolute Gasteiger partial charge is 0.370 e. The molecule has 1 fully saturated rings. The third-order valence-electron chi connectivity index (χ3n) is 7.69. The van der Waals surface area contributed by atoms with Crippen molar-refractivity contribution in [3.8, 4) is 11.3 Å². The Morgan fingerprint density at radius 2 is 1.94 bits per heavy atom. The third kappa shape index (κ3) is 4.11. The second-order valence-electron chi connectivity index (χ2n) is 10.5. The van der Waals surface area contributed by atoms with Crippen molar-refractivity contribution in [1.29, 1.82) is 0 Å². The first kappa shape index (κ1) is 24.2. The van der Waals surface area contributed by atoms with Crippen LogP contribution in [0.15, 0.2) is 24.7 Å². The monoisotopic (exact) mass is 488 g/mol. The SMILES string of the molecule is Cc1c(-c2[nH]c3ccc(N4C[C@@H](C)N(CCC(N)=O)CC4C)nc3c2C(C)C)cn2ncnc2c1C. The zero-order valence-electron chi connectivity index (χ0n) is 22.0. The molecule has 4 aromatic heterocycles. The van der Waals surface area contributed by atoms with Crippen molar-refractivity contribution in [2.24, 2.45) is 5.73 Å². The summed E-state index contributed by atoms with van der Waals surface area (Å²) in [5.74, 6) is 1.02. The predicted octanol–water partition coefficient (Wildman–Crippen LogP) is 3.79. The van der Waals surface area contributed by atoms with Crippen LogP contribution in [0.3, 0.4) is 0 Å². The highest BCUT2D eigenvalue weighted by Gasteiger charge is 2.30. The highest BCUT2D eigenvalue weighted by Crippen LogP contribution is 2.38. The Hall–Kier alpha value is -3.46. The van der Waals surface area contributed by atoms with Crippen molar-refractivity contribution in [2.75, 3.05) is 24.5 Å². The molecular formula is C27H36N8O. The fourth-order valence-corrected chi connectivity index (χ4v) is 5.55. The van der Waals surface area contributed by atoms with Crippen LogP contribution in [0.5, 0.6) is 0 Å². The Labute approximate surface area is 211 Å². The summed E-state index contributed by atoms with van der Waals surface area (Å²) in [6, 6.07) is 4.86. The molecule has 0 aliphatic carbocycles. The van der Waals surface area contributed by atoms with Crippen molar-refractivity contribution in [3.05, 3.63) is 41.3 Å². The predicted molar refractivity (Wildman–Crippen MR) is 143 cm³/mol. The van der Waals surface area contributed by atoms with Gasteiger partial charge in [-0.05, 0) is 56.9 Å². The van der Waals surface area contributed by atoms with E-state index in [1.807, 2.05) is 4.52 Å². The molecule has 3 N–H and O–H groups in total. The number of nitrogens with zero attached hydrogens (tertiary/aromatic N) is 6. The van der Waals surface area contributed by atoms with Crippen molar-refractivity contribution in [1.82, 2.24) is 29.5 Å². The number of hydrogen-bond donors (Lipinski definition) is 2. The summed E-state index contributed by atoms with van der Waals surface area (Å²) in [6.45, 7) is 15.6. The number of carbonyl (C=O) groups is 1. The van der Waals surface area contributed by atoms with Crippen molar-refractivity contribution in [2.45, 2.75) is 66.0 Å². The minimum atomic E-state index is -0.248. The van der Waals surface area contributed by atoms with Crippen molar-refractivity contribution >= 4 is 28.4 Å². The van der Waals surface area contributed by atoms with Gasteiger partial charge in [-0.3, -0.25) is 9.69 Å². The minimum Gasteiger partial charge on any atom is -0.370 e. The summed E-state index contributed by atoms with van der Waals surface area (Å²) in [5.41, 5.74) is 14.1. The molecule has 190 valence electrons. The van der Waals surface area contributed by atoms with E-state index in [0.717, 1.165) is 52.4 Å². The standard InChI is InChI=1S/C27H36N8O/c1-15(2)24-25(20-13-35-27(29-14-30-35)19(6)18(20)5)31-21-7-8-23(32-26(21)24)34-12-16(3)33(11-17(34)4)10-9-22(28)36/h7-8,13-17,31H,9-12H2,1-6H3,(H2,28,36)/t16-,17?/m1/s1. The highest BCUT2D eigenvalue weighted by atomic mass is 16.1. The number of carbonyl (C=O) groups excluding carboxylic acids is 1. The normalized spacial score (nSPS) is 19.1. The molecule has 1 aliphatic heterocycles. The van der Waals surface area contributed by atoms with Gasteiger partial charge in [0.25, 0.3) is 0 Å². The Morgan fingerprint density at radius 3 is 2.67 bits per heavy atom. The van der Waals surface area contributed by atoms with E-state index in [0.29, 0.717) is 19.0 Å². The second-order valence-corrected chi connectivity index (χ2v) is 10.5. The molecule has 0 saturated carbocycles. The Kier molecular flexibility index (Phi) is 6.20. The van der Waals surface area contributed by atoms with Crippen molar-refractivity contribution in [3.63, 3.8) is 0 Å². The molecule has 1 unspecified atom stereocenters. The molecule has 36 heavy (non-hydrogen) atoms. The highest BCUT2D eigenvalue weighted by molar-refractivity contribution is 5.90. The summed E-state index contributed by atoms with van der Waals surface area (Å²) in [4.78, 5) is 29.3. The first-order valence-corrected chi connectivity index (χ1v) is 12.8. The van der Waals surface area contributed by atoms with Gasteiger partial charge >= 0.3 is 0 Å². The van der Waals surface area contributed by atoms with Crippen LogP contribution in [-0.4, -0.2) is 67.1 Å². The second kappa shape index (κ2) is 9.20. The van der Waals surface area contributed by atoms with Crippen LogP contribution in [0.4, 0.5) is 5.82 Å². The number of nitrogens with one attached hydrogen (secondary N) is 1. The Balaban J connectivity index is 1.54. The lowest BCUT2D eigenvalue weighted by atomic mass is 9.95. The lowest BCUT2D eigenvalue weighted by molar-refractivity contribution is -0.118. The zero-order chi connectivity index (χ0) is 25.7. The lowest BCUT2D eigenvalue weighted by Gasteiger charge is -2.44. The number of anilines is 1. The summed E-state index contributed by atoms with van der Waals surface area (Å²) in [6.07, 6.45) is 4.06. The molecular weight excluding hydrogens is 452 g/mol. The van der Waals surface area contributed by atoms with E-state index in [1.165, 1.54) is 11.1 Å². The number of aromatic nitrogens is 5. The lowest BCUT2D eigenvalue weighted by Crippen LogP contribution is -2.57. The molecule has 0 bridgehead atoms. The molecule has 0 radical (unpaired) electrons. The number of aromatic amines is 1. The molecule has 0 aromatic carbocycles.